The second-order valence-corrected chi connectivity index (χ2v) is 7.55. The van der Waals surface area contributed by atoms with Crippen LogP contribution in [0.4, 0.5) is 0 Å². The van der Waals surface area contributed by atoms with E-state index in [1.54, 1.807) is 26.1 Å². The van der Waals surface area contributed by atoms with E-state index in [-0.39, 0.29) is 5.91 Å². The lowest BCUT2D eigenvalue weighted by Gasteiger charge is -2.21. The third-order valence-electron chi connectivity index (χ3n) is 4.95. The van der Waals surface area contributed by atoms with E-state index in [1.165, 1.54) is 0 Å². The zero-order valence-electron chi connectivity index (χ0n) is 18.3. The van der Waals surface area contributed by atoms with Crippen LogP contribution in [0.2, 0.25) is 0 Å². The first-order valence-corrected chi connectivity index (χ1v) is 10.5. The van der Waals surface area contributed by atoms with Crippen molar-refractivity contribution in [2.75, 3.05) is 67.2 Å². The SMILES string of the molecule is CCNC(=NCCc1cccc(C(=O)N(C)C)c1)N1CCC(COCCOC)C1. The third kappa shape index (κ3) is 7.66. The number of nitrogens with one attached hydrogen (secondary N) is 1. The average Bonchev–Trinajstić information content (AvgIpc) is 3.19. The number of carbonyl (C=O) groups is 1. The number of ether oxygens (including phenoxy) is 2. The van der Waals surface area contributed by atoms with Gasteiger partial charge < -0.3 is 24.6 Å². The summed E-state index contributed by atoms with van der Waals surface area (Å²) in [4.78, 5) is 20.9. The molecule has 0 radical (unpaired) electrons. The number of methoxy groups -OCH3 is 1. The van der Waals surface area contributed by atoms with Gasteiger partial charge in [-0.1, -0.05) is 12.1 Å². The molecule has 0 bridgehead atoms. The van der Waals surface area contributed by atoms with Crippen LogP contribution in [0.1, 0.15) is 29.3 Å². The van der Waals surface area contributed by atoms with Crippen molar-refractivity contribution < 1.29 is 14.3 Å². The van der Waals surface area contributed by atoms with Gasteiger partial charge in [-0.2, -0.15) is 0 Å². The molecule has 29 heavy (non-hydrogen) atoms. The van der Waals surface area contributed by atoms with Crippen LogP contribution in [0.25, 0.3) is 0 Å². The van der Waals surface area contributed by atoms with Gasteiger partial charge >= 0.3 is 0 Å². The second kappa shape index (κ2) is 12.4. The fraction of sp³-hybridized carbons (Fsp3) is 0.636. The summed E-state index contributed by atoms with van der Waals surface area (Å²) in [7, 11) is 5.23. The van der Waals surface area contributed by atoms with Crippen molar-refractivity contribution in [3.05, 3.63) is 35.4 Å². The first-order valence-electron chi connectivity index (χ1n) is 10.5. The van der Waals surface area contributed by atoms with Crippen LogP contribution >= 0.6 is 0 Å². The molecule has 0 aromatic heterocycles. The number of amides is 1. The van der Waals surface area contributed by atoms with Gasteiger partial charge in [-0.25, -0.2) is 0 Å². The molecule has 1 aromatic rings. The van der Waals surface area contributed by atoms with Crippen molar-refractivity contribution >= 4 is 11.9 Å². The van der Waals surface area contributed by atoms with Crippen molar-refractivity contribution in [2.24, 2.45) is 10.9 Å². The van der Waals surface area contributed by atoms with E-state index in [0.717, 1.165) is 56.2 Å². The number of rotatable bonds is 10. The third-order valence-corrected chi connectivity index (χ3v) is 4.95. The van der Waals surface area contributed by atoms with E-state index < -0.39 is 0 Å². The second-order valence-electron chi connectivity index (χ2n) is 7.55. The maximum absolute atomic E-state index is 12.1. The summed E-state index contributed by atoms with van der Waals surface area (Å²) >= 11 is 0. The number of benzene rings is 1. The molecule has 162 valence electrons. The molecular weight excluding hydrogens is 368 g/mol. The summed E-state index contributed by atoms with van der Waals surface area (Å²) in [6.45, 7) is 7.64. The summed E-state index contributed by atoms with van der Waals surface area (Å²) in [5.41, 5.74) is 1.85. The predicted octanol–water partition coefficient (Wildman–Crippen LogP) is 1.88. The van der Waals surface area contributed by atoms with Crippen LogP contribution < -0.4 is 5.32 Å². The lowest BCUT2D eigenvalue weighted by atomic mass is 10.1. The number of guanidine groups is 1. The molecule has 0 aliphatic carbocycles. The van der Waals surface area contributed by atoms with Crippen molar-refractivity contribution in [1.29, 1.82) is 0 Å². The topological polar surface area (TPSA) is 66.4 Å². The molecule has 1 N–H and O–H groups in total. The molecule has 1 aliphatic heterocycles. The summed E-state index contributed by atoms with van der Waals surface area (Å²) in [5.74, 6) is 1.52. The van der Waals surface area contributed by atoms with Crippen molar-refractivity contribution in [2.45, 2.75) is 19.8 Å². The number of hydrogen-bond acceptors (Lipinski definition) is 4. The van der Waals surface area contributed by atoms with E-state index in [0.29, 0.717) is 25.7 Å². The molecule has 1 unspecified atom stereocenters. The summed E-state index contributed by atoms with van der Waals surface area (Å²) < 4.78 is 10.7. The lowest BCUT2D eigenvalue weighted by molar-refractivity contribution is 0.0536. The van der Waals surface area contributed by atoms with E-state index in [1.807, 2.05) is 18.2 Å². The molecule has 1 aliphatic rings. The quantitative estimate of drug-likeness (QED) is 0.366. The molecule has 0 saturated carbocycles. The molecule has 7 nitrogen and oxygen atoms in total. The fourth-order valence-electron chi connectivity index (χ4n) is 3.39. The molecule has 1 amide bonds. The minimum absolute atomic E-state index is 0.0273. The first-order chi connectivity index (χ1) is 14.0. The summed E-state index contributed by atoms with van der Waals surface area (Å²) in [6.07, 6.45) is 1.92. The van der Waals surface area contributed by atoms with Crippen LogP contribution in [0, 0.1) is 5.92 Å². The van der Waals surface area contributed by atoms with Gasteiger partial charge in [0.25, 0.3) is 5.91 Å². The average molecular weight is 405 g/mol. The molecular formula is C22H36N4O3. The van der Waals surface area contributed by atoms with Gasteiger partial charge in [-0.15, -0.1) is 0 Å². The Bertz CT molecular complexity index is 663. The molecule has 1 atom stereocenters. The Balaban J connectivity index is 1.88. The Morgan fingerprint density at radius 1 is 1.34 bits per heavy atom. The predicted molar refractivity (Wildman–Crippen MR) is 117 cm³/mol. The standard InChI is InChI=1S/C22H36N4O3/c1-5-23-22(26-12-10-19(16-26)17-29-14-13-28-4)24-11-9-18-7-6-8-20(15-18)21(27)25(2)3/h6-8,15,19H,5,9-14,16-17H2,1-4H3,(H,23,24). The highest BCUT2D eigenvalue weighted by molar-refractivity contribution is 5.94. The minimum Gasteiger partial charge on any atom is -0.382 e. The van der Waals surface area contributed by atoms with E-state index in [4.69, 9.17) is 14.5 Å². The molecule has 2 rings (SSSR count). The molecule has 7 heteroatoms. The fourth-order valence-corrected chi connectivity index (χ4v) is 3.39. The molecule has 1 aromatic carbocycles. The maximum atomic E-state index is 12.1. The Morgan fingerprint density at radius 2 is 2.17 bits per heavy atom. The number of likely N-dealkylation sites (tertiary alicyclic amines) is 1. The Kier molecular flexibility index (Phi) is 9.94. The minimum atomic E-state index is 0.0273. The highest BCUT2D eigenvalue weighted by Gasteiger charge is 2.24. The Labute approximate surface area is 175 Å². The van der Waals surface area contributed by atoms with Crippen LogP contribution in [-0.4, -0.2) is 88.9 Å². The van der Waals surface area contributed by atoms with Gasteiger partial charge in [0.1, 0.15) is 0 Å². The molecule has 1 saturated heterocycles. The van der Waals surface area contributed by atoms with Gasteiger partial charge in [0.2, 0.25) is 0 Å². The Morgan fingerprint density at radius 3 is 2.90 bits per heavy atom. The zero-order valence-corrected chi connectivity index (χ0v) is 18.3. The zero-order chi connectivity index (χ0) is 21.1. The van der Waals surface area contributed by atoms with Gasteiger partial charge in [-0.3, -0.25) is 9.79 Å². The highest BCUT2D eigenvalue weighted by Crippen LogP contribution is 2.17. The number of hydrogen-bond donors (Lipinski definition) is 1. The first kappa shape index (κ1) is 23.2. The van der Waals surface area contributed by atoms with Crippen LogP contribution in [-0.2, 0) is 15.9 Å². The Hall–Kier alpha value is -2.12. The van der Waals surface area contributed by atoms with Gasteiger partial charge in [-0.05, 0) is 37.5 Å². The number of aliphatic imine (C=N–C) groups is 1. The van der Waals surface area contributed by atoms with Gasteiger partial charge in [0.05, 0.1) is 19.8 Å². The van der Waals surface area contributed by atoms with Crippen LogP contribution in [0.3, 0.4) is 0 Å². The smallest absolute Gasteiger partial charge is 0.253 e. The van der Waals surface area contributed by atoms with Crippen molar-refractivity contribution in [3.8, 4) is 0 Å². The lowest BCUT2D eigenvalue weighted by Crippen LogP contribution is -2.40. The molecule has 1 fully saturated rings. The molecule has 1 heterocycles. The van der Waals surface area contributed by atoms with Crippen molar-refractivity contribution in [3.63, 3.8) is 0 Å². The highest BCUT2D eigenvalue weighted by atomic mass is 16.5. The van der Waals surface area contributed by atoms with Gasteiger partial charge in [0.15, 0.2) is 5.96 Å². The van der Waals surface area contributed by atoms with Crippen molar-refractivity contribution in [1.82, 2.24) is 15.1 Å². The monoisotopic (exact) mass is 404 g/mol. The van der Waals surface area contributed by atoms with Crippen LogP contribution in [0.15, 0.2) is 29.3 Å². The number of nitrogens with zero attached hydrogens (tertiary/aromatic N) is 3. The summed E-state index contributed by atoms with van der Waals surface area (Å²) in [6, 6.07) is 7.82. The van der Waals surface area contributed by atoms with Gasteiger partial charge in [0, 0.05) is 58.9 Å². The number of carbonyl (C=O) groups excluding carboxylic acids is 1. The maximum Gasteiger partial charge on any atom is 0.253 e. The molecule has 0 spiro atoms. The summed E-state index contributed by atoms with van der Waals surface area (Å²) in [5, 5.41) is 3.41. The van der Waals surface area contributed by atoms with E-state index in [2.05, 4.69) is 23.2 Å². The van der Waals surface area contributed by atoms with E-state index >= 15 is 0 Å². The van der Waals surface area contributed by atoms with E-state index in [9.17, 15) is 4.79 Å². The van der Waals surface area contributed by atoms with Crippen LogP contribution in [0.5, 0.6) is 0 Å². The largest absolute Gasteiger partial charge is 0.382 e. The normalized spacial score (nSPS) is 16.9.